The van der Waals surface area contributed by atoms with Crippen molar-refractivity contribution in [1.29, 1.82) is 0 Å². The molecule has 2 aliphatic heterocycles. The number of hydrogen-bond donors (Lipinski definition) is 2. The van der Waals surface area contributed by atoms with Gasteiger partial charge in [-0.05, 0) is 18.3 Å². The minimum Gasteiger partial charge on any atom is -0.390 e. The zero-order chi connectivity index (χ0) is 11.1. The van der Waals surface area contributed by atoms with E-state index in [1.807, 2.05) is 0 Å². The summed E-state index contributed by atoms with van der Waals surface area (Å²) < 4.78 is 5.92. The first-order valence-electron chi connectivity index (χ1n) is 5.79. The molecule has 0 radical (unpaired) electrons. The second kappa shape index (κ2) is 2.44. The molecule has 1 amide bonds. The van der Waals surface area contributed by atoms with E-state index in [9.17, 15) is 9.90 Å². The highest BCUT2D eigenvalue weighted by Crippen LogP contribution is 2.65. The number of aliphatic hydroxyl groups excluding tert-OH is 1. The topological polar surface area (TPSA) is 58.6 Å². The minimum absolute atomic E-state index is 0.0185. The zero-order valence-electron chi connectivity index (χ0n) is 8.72. The van der Waals surface area contributed by atoms with E-state index >= 15 is 0 Å². The fourth-order valence-corrected chi connectivity index (χ4v) is 4.56. The fourth-order valence-electron chi connectivity index (χ4n) is 4.56. The van der Waals surface area contributed by atoms with E-state index in [1.54, 1.807) is 0 Å². The predicted molar refractivity (Wildman–Crippen MR) is 53.8 cm³/mol. The molecule has 7 unspecified atom stereocenters. The molecule has 2 heterocycles. The molecular formula is C12H13NO3. The molecule has 84 valence electrons. The van der Waals surface area contributed by atoms with Gasteiger partial charge in [0, 0.05) is 5.92 Å². The summed E-state index contributed by atoms with van der Waals surface area (Å²) in [7, 11) is 0. The second-order valence-electron chi connectivity index (χ2n) is 5.45. The van der Waals surface area contributed by atoms with Gasteiger partial charge in [-0.1, -0.05) is 0 Å². The summed E-state index contributed by atoms with van der Waals surface area (Å²) in [6.45, 7) is 0. The van der Waals surface area contributed by atoms with Gasteiger partial charge in [-0.3, -0.25) is 4.79 Å². The monoisotopic (exact) mass is 219 g/mol. The van der Waals surface area contributed by atoms with Crippen LogP contribution in [0.25, 0.3) is 0 Å². The first kappa shape index (κ1) is 9.03. The van der Waals surface area contributed by atoms with Crippen molar-refractivity contribution in [3.05, 3.63) is 0 Å². The number of nitrogens with one attached hydrogen (secondary N) is 1. The van der Waals surface area contributed by atoms with E-state index in [0.717, 1.165) is 6.42 Å². The lowest BCUT2D eigenvalue weighted by molar-refractivity contribution is -0.139. The number of ether oxygens (including phenoxy) is 1. The maximum Gasteiger partial charge on any atom is 0.226 e. The Bertz CT molecular complexity index is 428. The van der Waals surface area contributed by atoms with Gasteiger partial charge in [0.2, 0.25) is 5.91 Å². The van der Waals surface area contributed by atoms with Crippen LogP contribution in [0, 0.1) is 36.0 Å². The quantitative estimate of drug-likeness (QED) is 0.583. The van der Waals surface area contributed by atoms with E-state index in [1.165, 1.54) is 0 Å². The van der Waals surface area contributed by atoms with Crippen molar-refractivity contribution in [1.82, 2.24) is 5.32 Å². The van der Waals surface area contributed by atoms with Crippen molar-refractivity contribution in [2.24, 2.45) is 23.7 Å². The van der Waals surface area contributed by atoms with Crippen molar-refractivity contribution in [3.63, 3.8) is 0 Å². The summed E-state index contributed by atoms with van der Waals surface area (Å²) in [6.07, 6.45) is 6.11. The standard InChI is InChI=1S/C12H13NO3/c1-2-3-12-8-6-4-5(7(8)11(15)13-12)9(14)10(6)16-12/h1,5-10,14H,3-4H2,(H,13,15). The molecule has 4 fully saturated rings. The molecule has 2 aliphatic carbocycles. The number of carbonyl (C=O) groups is 1. The highest BCUT2D eigenvalue weighted by molar-refractivity contribution is 5.84. The Kier molecular flexibility index (Phi) is 1.38. The average molecular weight is 219 g/mol. The number of aliphatic hydroxyl groups is 1. The molecule has 4 aliphatic rings. The first-order valence-corrected chi connectivity index (χ1v) is 5.79. The van der Waals surface area contributed by atoms with Crippen LogP contribution in [0.2, 0.25) is 0 Å². The molecule has 16 heavy (non-hydrogen) atoms. The van der Waals surface area contributed by atoms with Gasteiger partial charge >= 0.3 is 0 Å². The van der Waals surface area contributed by atoms with Crippen molar-refractivity contribution in [3.8, 4) is 12.3 Å². The van der Waals surface area contributed by atoms with Crippen LogP contribution in [0.15, 0.2) is 0 Å². The van der Waals surface area contributed by atoms with Gasteiger partial charge in [0.05, 0.1) is 24.5 Å². The number of amides is 1. The van der Waals surface area contributed by atoms with E-state index < -0.39 is 11.8 Å². The molecule has 2 N–H and O–H groups in total. The Balaban J connectivity index is 1.85. The Morgan fingerprint density at radius 3 is 3.19 bits per heavy atom. The Morgan fingerprint density at radius 2 is 2.44 bits per heavy atom. The van der Waals surface area contributed by atoms with Gasteiger partial charge in [0.1, 0.15) is 0 Å². The Morgan fingerprint density at radius 1 is 1.62 bits per heavy atom. The highest BCUT2D eigenvalue weighted by atomic mass is 16.5. The predicted octanol–water partition coefficient (Wildman–Crippen LogP) is -0.522. The molecule has 0 spiro atoms. The lowest BCUT2D eigenvalue weighted by Gasteiger charge is -2.27. The summed E-state index contributed by atoms with van der Waals surface area (Å²) in [5, 5.41) is 13.0. The van der Waals surface area contributed by atoms with Crippen LogP contribution in [0.3, 0.4) is 0 Å². The largest absolute Gasteiger partial charge is 0.390 e. The third kappa shape index (κ3) is 0.712. The van der Waals surface area contributed by atoms with Gasteiger partial charge in [-0.15, -0.1) is 12.3 Å². The van der Waals surface area contributed by atoms with Gasteiger partial charge in [0.15, 0.2) is 5.72 Å². The molecule has 4 nitrogen and oxygen atoms in total. The van der Waals surface area contributed by atoms with Gasteiger partial charge in [-0.2, -0.15) is 0 Å². The van der Waals surface area contributed by atoms with Gasteiger partial charge in [-0.25, -0.2) is 0 Å². The molecule has 4 rings (SSSR count). The molecule has 4 heteroatoms. The first-order chi connectivity index (χ1) is 7.68. The van der Waals surface area contributed by atoms with Crippen LogP contribution in [-0.2, 0) is 9.53 Å². The Hall–Kier alpha value is -1.05. The molecular weight excluding hydrogens is 206 g/mol. The normalized spacial score (nSPS) is 60.1. The molecule has 2 bridgehead atoms. The van der Waals surface area contributed by atoms with Crippen LogP contribution < -0.4 is 5.32 Å². The average Bonchev–Trinajstić information content (AvgIpc) is 2.86. The van der Waals surface area contributed by atoms with E-state index in [2.05, 4.69) is 11.2 Å². The summed E-state index contributed by atoms with van der Waals surface area (Å²) >= 11 is 0. The molecule has 0 aromatic carbocycles. The third-order valence-electron chi connectivity index (χ3n) is 4.94. The number of fused-ring (bicyclic) bond motifs is 2. The van der Waals surface area contributed by atoms with Crippen molar-refractivity contribution >= 4 is 5.91 Å². The van der Waals surface area contributed by atoms with Crippen LogP contribution in [-0.4, -0.2) is 28.9 Å². The van der Waals surface area contributed by atoms with Gasteiger partial charge < -0.3 is 15.2 Å². The van der Waals surface area contributed by atoms with Gasteiger partial charge in [0.25, 0.3) is 0 Å². The number of terminal acetylenes is 1. The number of hydrogen-bond acceptors (Lipinski definition) is 3. The van der Waals surface area contributed by atoms with E-state index in [-0.39, 0.29) is 29.8 Å². The summed E-state index contributed by atoms with van der Waals surface area (Å²) in [5.41, 5.74) is -0.669. The summed E-state index contributed by atoms with van der Waals surface area (Å²) in [6, 6.07) is 0. The van der Waals surface area contributed by atoms with E-state index in [4.69, 9.17) is 11.2 Å². The number of carbonyl (C=O) groups excluding carboxylic acids is 1. The van der Waals surface area contributed by atoms with E-state index in [0.29, 0.717) is 12.3 Å². The third-order valence-corrected chi connectivity index (χ3v) is 4.94. The SMILES string of the molecule is C#CCC12NC(=O)C3C4CC(C(O1)C4O)C32. The molecule has 2 saturated carbocycles. The van der Waals surface area contributed by atoms with Crippen LogP contribution in [0.4, 0.5) is 0 Å². The van der Waals surface area contributed by atoms with Crippen LogP contribution in [0.1, 0.15) is 12.8 Å². The highest BCUT2D eigenvalue weighted by Gasteiger charge is 2.75. The maximum atomic E-state index is 11.9. The fraction of sp³-hybridized carbons (Fsp3) is 0.750. The summed E-state index contributed by atoms with van der Waals surface area (Å²) in [5.74, 6) is 3.13. The van der Waals surface area contributed by atoms with Crippen molar-refractivity contribution < 1.29 is 14.6 Å². The molecule has 0 aromatic heterocycles. The zero-order valence-corrected chi connectivity index (χ0v) is 8.72. The minimum atomic E-state index is -0.669. The van der Waals surface area contributed by atoms with Crippen LogP contribution >= 0.6 is 0 Å². The lowest BCUT2D eigenvalue weighted by Crippen LogP contribution is -2.47. The van der Waals surface area contributed by atoms with Crippen molar-refractivity contribution in [2.45, 2.75) is 30.8 Å². The second-order valence-corrected chi connectivity index (χ2v) is 5.45. The van der Waals surface area contributed by atoms with Crippen LogP contribution in [0.5, 0.6) is 0 Å². The smallest absolute Gasteiger partial charge is 0.226 e. The molecule has 7 atom stereocenters. The molecule has 0 aromatic rings. The molecule has 2 saturated heterocycles. The Labute approximate surface area is 93.3 Å². The summed E-state index contributed by atoms with van der Waals surface area (Å²) in [4.78, 5) is 11.9. The number of rotatable bonds is 1. The lowest BCUT2D eigenvalue weighted by atomic mass is 9.76. The van der Waals surface area contributed by atoms with Crippen molar-refractivity contribution in [2.75, 3.05) is 0 Å². The maximum absolute atomic E-state index is 11.9.